The van der Waals surface area contributed by atoms with Gasteiger partial charge in [0.15, 0.2) is 0 Å². The molecule has 0 saturated heterocycles. The first-order chi connectivity index (χ1) is 9.13. The van der Waals surface area contributed by atoms with Crippen molar-refractivity contribution in [3.05, 3.63) is 23.9 Å². The molecule has 0 spiro atoms. The van der Waals surface area contributed by atoms with Crippen LogP contribution >= 0.6 is 0 Å². The number of nitrogens with zero attached hydrogens (tertiary/aromatic N) is 1. The van der Waals surface area contributed by atoms with Gasteiger partial charge in [0.25, 0.3) is 0 Å². The van der Waals surface area contributed by atoms with Gasteiger partial charge in [0, 0.05) is 6.20 Å². The normalized spacial score (nSPS) is 10.3. The Morgan fingerprint density at radius 3 is 2.37 bits per heavy atom. The topological polar surface area (TPSA) is 83.7 Å². The van der Waals surface area contributed by atoms with Gasteiger partial charge >= 0.3 is 5.97 Å². The number of nitrogens with two attached hydrogens (primary N) is 1. The molecule has 1 heterocycles. The number of carbonyl (C=O) groups is 1. The molecule has 0 saturated carbocycles. The fourth-order valence-electron chi connectivity index (χ4n) is 1.88. The van der Waals surface area contributed by atoms with Gasteiger partial charge in [0.05, 0.1) is 32.4 Å². The second-order valence-corrected chi connectivity index (χ2v) is 3.77. The zero-order valence-electron chi connectivity index (χ0n) is 10.9. The molecule has 100 valence electrons. The summed E-state index contributed by atoms with van der Waals surface area (Å²) in [4.78, 5) is 15.8. The molecule has 6 heteroatoms. The van der Waals surface area contributed by atoms with Crippen LogP contribution in [0, 0.1) is 0 Å². The van der Waals surface area contributed by atoms with Crippen LogP contribution in [0.2, 0.25) is 0 Å². The number of carbonyl (C=O) groups excluding carboxylic acids is 1. The van der Waals surface area contributed by atoms with Crippen molar-refractivity contribution in [1.29, 1.82) is 0 Å². The van der Waals surface area contributed by atoms with E-state index < -0.39 is 5.97 Å². The maximum atomic E-state index is 11.6. The SMILES string of the molecule is COC(=O)c1cnc2c(OC)ccc(OC)c2c1N. The van der Waals surface area contributed by atoms with Gasteiger partial charge in [0.2, 0.25) is 0 Å². The Hall–Kier alpha value is -2.50. The molecule has 2 aromatic rings. The summed E-state index contributed by atoms with van der Waals surface area (Å²) in [6, 6.07) is 3.44. The third-order valence-corrected chi connectivity index (χ3v) is 2.83. The predicted octanol–water partition coefficient (Wildman–Crippen LogP) is 1.62. The molecule has 1 aromatic heterocycles. The Labute approximate surface area is 110 Å². The van der Waals surface area contributed by atoms with Crippen molar-refractivity contribution in [3.63, 3.8) is 0 Å². The second kappa shape index (κ2) is 5.01. The molecule has 0 bridgehead atoms. The average Bonchev–Trinajstić information content (AvgIpc) is 2.45. The summed E-state index contributed by atoms with van der Waals surface area (Å²) < 4.78 is 15.1. The summed E-state index contributed by atoms with van der Waals surface area (Å²) in [5, 5.41) is 0.532. The number of anilines is 1. The number of aromatic nitrogens is 1. The largest absolute Gasteiger partial charge is 0.496 e. The van der Waals surface area contributed by atoms with E-state index in [0.29, 0.717) is 22.4 Å². The van der Waals surface area contributed by atoms with E-state index in [1.165, 1.54) is 27.5 Å². The molecule has 0 unspecified atom stereocenters. The number of methoxy groups -OCH3 is 3. The summed E-state index contributed by atoms with van der Waals surface area (Å²) in [6.45, 7) is 0. The van der Waals surface area contributed by atoms with Gasteiger partial charge in [-0.25, -0.2) is 4.79 Å². The fourth-order valence-corrected chi connectivity index (χ4v) is 1.88. The monoisotopic (exact) mass is 262 g/mol. The van der Waals surface area contributed by atoms with Gasteiger partial charge in [-0.15, -0.1) is 0 Å². The van der Waals surface area contributed by atoms with Crippen molar-refractivity contribution in [2.24, 2.45) is 0 Å². The Morgan fingerprint density at radius 1 is 1.16 bits per heavy atom. The van der Waals surface area contributed by atoms with E-state index in [1.807, 2.05) is 0 Å². The lowest BCUT2D eigenvalue weighted by atomic mass is 10.1. The molecule has 0 amide bonds. The van der Waals surface area contributed by atoms with Crippen LogP contribution in [0.1, 0.15) is 10.4 Å². The summed E-state index contributed by atoms with van der Waals surface area (Å²) in [6.07, 6.45) is 1.37. The van der Waals surface area contributed by atoms with Crippen LogP contribution in [0.3, 0.4) is 0 Å². The third kappa shape index (κ3) is 2.01. The molecule has 0 aliphatic heterocycles. The lowest BCUT2D eigenvalue weighted by molar-refractivity contribution is 0.0601. The van der Waals surface area contributed by atoms with E-state index in [9.17, 15) is 4.79 Å². The highest BCUT2D eigenvalue weighted by Crippen LogP contribution is 2.36. The maximum absolute atomic E-state index is 11.6. The number of rotatable bonds is 3. The van der Waals surface area contributed by atoms with E-state index >= 15 is 0 Å². The Morgan fingerprint density at radius 2 is 1.79 bits per heavy atom. The summed E-state index contributed by atoms with van der Waals surface area (Å²) in [7, 11) is 4.34. The lowest BCUT2D eigenvalue weighted by Crippen LogP contribution is -2.07. The standard InChI is InChI=1S/C13H14N2O4/c1-17-8-4-5-9(18-2)12-10(8)11(14)7(6-15-12)13(16)19-3/h4-6H,1-3H3,(H2,14,15). The first-order valence-corrected chi connectivity index (χ1v) is 5.51. The molecule has 6 nitrogen and oxygen atoms in total. The first-order valence-electron chi connectivity index (χ1n) is 5.51. The zero-order chi connectivity index (χ0) is 14.0. The first kappa shape index (κ1) is 12.9. The van der Waals surface area contributed by atoms with Crippen molar-refractivity contribution in [2.45, 2.75) is 0 Å². The minimum Gasteiger partial charge on any atom is -0.496 e. The predicted molar refractivity (Wildman–Crippen MR) is 70.6 cm³/mol. The van der Waals surface area contributed by atoms with Crippen molar-refractivity contribution in [1.82, 2.24) is 4.98 Å². The summed E-state index contributed by atoms with van der Waals surface area (Å²) in [5.74, 6) is 0.530. The number of esters is 1. The highest BCUT2D eigenvalue weighted by Gasteiger charge is 2.18. The van der Waals surface area contributed by atoms with Crippen LogP contribution in [0.5, 0.6) is 11.5 Å². The molecule has 0 radical (unpaired) electrons. The highest BCUT2D eigenvalue weighted by molar-refractivity contribution is 6.07. The molecule has 1 aromatic carbocycles. The van der Waals surface area contributed by atoms with Gasteiger partial charge in [-0.2, -0.15) is 0 Å². The number of nitrogen functional groups attached to an aromatic ring is 1. The number of benzene rings is 1. The van der Waals surface area contributed by atoms with Crippen LogP contribution in [0.25, 0.3) is 10.9 Å². The van der Waals surface area contributed by atoms with Gasteiger partial charge in [-0.1, -0.05) is 0 Å². The van der Waals surface area contributed by atoms with Crippen molar-refractivity contribution in [3.8, 4) is 11.5 Å². The van der Waals surface area contributed by atoms with Gasteiger partial charge in [-0.05, 0) is 12.1 Å². The van der Waals surface area contributed by atoms with Crippen LogP contribution in [-0.4, -0.2) is 32.3 Å². The Kier molecular flexibility index (Phi) is 3.41. The van der Waals surface area contributed by atoms with Crippen molar-refractivity contribution >= 4 is 22.6 Å². The highest BCUT2D eigenvalue weighted by atomic mass is 16.5. The van der Waals surface area contributed by atoms with Gasteiger partial charge in [0.1, 0.15) is 22.6 Å². The lowest BCUT2D eigenvalue weighted by Gasteiger charge is -2.12. The molecule has 0 aliphatic carbocycles. The Bertz CT molecular complexity index is 640. The van der Waals surface area contributed by atoms with E-state index in [-0.39, 0.29) is 11.3 Å². The van der Waals surface area contributed by atoms with E-state index in [1.54, 1.807) is 12.1 Å². The molecule has 0 atom stereocenters. The van der Waals surface area contributed by atoms with E-state index in [2.05, 4.69) is 9.72 Å². The second-order valence-electron chi connectivity index (χ2n) is 3.77. The molecule has 0 aliphatic rings. The van der Waals surface area contributed by atoms with Crippen LogP contribution in [-0.2, 0) is 4.74 Å². The molecule has 0 fully saturated rings. The minimum atomic E-state index is -0.545. The average molecular weight is 262 g/mol. The molecule has 2 rings (SSSR count). The quantitative estimate of drug-likeness (QED) is 0.846. The van der Waals surface area contributed by atoms with Gasteiger partial charge < -0.3 is 19.9 Å². The number of fused-ring (bicyclic) bond motifs is 1. The maximum Gasteiger partial charge on any atom is 0.341 e. The number of hydrogen-bond acceptors (Lipinski definition) is 6. The summed E-state index contributed by atoms with van der Waals surface area (Å²) >= 11 is 0. The van der Waals surface area contributed by atoms with Crippen LogP contribution < -0.4 is 15.2 Å². The minimum absolute atomic E-state index is 0.196. The van der Waals surface area contributed by atoms with Gasteiger partial charge in [-0.3, -0.25) is 4.98 Å². The number of hydrogen-bond donors (Lipinski definition) is 1. The molecular formula is C13H14N2O4. The third-order valence-electron chi connectivity index (χ3n) is 2.83. The van der Waals surface area contributed by atoms with Crippen molar-refractivity contribution < 1.29 is 19.0 Å². The van der Waals surface area contributed by atoms with Crippen LogP contribution in [0.4, 0.5) is 5.69 Å². The zero-order valence-corrected chi connectivity index (χ0v) is 10.9. The van der Waals surface area contributed by atoms with E-state index in [4.69, 9.17) is 15.2 Å². The molecule has 2 N–H and O–H groups in total. The number of pyridine rings is 1. The van der Waals surface area contributed by atoms with Crippen LogP contribution in [0.15, 0.2) is 18.3 Å². The smallest absolute Gasteiger partial charge is 0.341 e. The molecule has 19 heavy (non-hydrogen) atoms. The number of ether oxygens (including phenoxy) is 3. The fraction of sp³-hybridized carbons (Fsp3) is 0.231. The van der Waals surface area contributed by atoms with E-state index in [0.717, 1.165) is 0 Å². The molecular weight excluding hydrogens is 248 g/mol. The van der Waals surface area contributed by atoms with Crippen molar-refractivity contribution in [2.75, 3.05) is 27.1 Å². The Balaban J connectivity index is 2.83. The summed E-state index contributed by atoms with van der Waals surface area (Å²) in [5.41, 5.74) is 7.01.